The molecule has 5 rings (SSSR count). The van der Waals surface area contributed by atoms with Gasteiger partial charge in [-0.1, -0.05) is 18.2 Å². The number of anilines is 1. The fourth-order valence-corrected chi connectivity index (χ4v) is 6.08. The Morgan fingerprint density at radius 1 is 1.05 bits per heavy atom. The van der Waals surface area contributed by atoms with Crippen LogP contribution in [-0.2, 0) is 16.0 Å². The van der Waals surface area contributed by atoms with Gasteiger partial charge in [-0.2, -0.15) is 0 Å². The first-order chi connectivity index (χ1) is 18.3. The number of phenols is 1. The van der Waals surface area contributed by atoms with Crippen LogP contribution >= 0.6 is 0 Å². The van der Waals surface area contributed by atoms with Crippen molar-refractivity contribution < 1.29 is 39.6 Å². The van der Waals surface area contributed by atoms with E-state index >= 15 is 0 Å². The number of Topliss-reactive ketones (excluding diaryl/α,β-unsaturated/α-hetero) is 2. The molecule has 4 atom stereocenters. The summed E-state index contributed by atoms with van der Waals surface area (Å²) in [5, 5.41) is 47.0. The lowest BCUT2D eigenvalue weighted by Gasteiger charge is -2.53. The Kier molecular flexibility index (Phi) is 5.78. The molecule has 0 heterocycles. The highest BCUT2D eigenvalue weighted by Crippen LogP contribution is 2.57. The van der Waals surface area contributed by atoms with Gasteiger partial charge in [0.15, 0.2) is 11.4 Å². The fraction of sp³-hybridized carbons (Fsp3) is 0.259. The third-order valence-corrected chi connectivity index (χ3v) is 8.02. The number of phenolic OH excluding ortho intramolecular Hbond substituents is 1. The lowest BCUT2D eigenvalue weighted by Crippen LogP contribution is -2.66. The zero-order chi connectivity index (χ0) is 28.4. The number of rotatable bonds is 4. The Bertz CT molecular complexity index is 1530. The molecule has 0 saturated carbocycles. The first-order valence-corrected chi connectivity index (χ1v) is 12.0. The second-order valence-electron chi connectivity index (χ2n) is 10.1. The number of benzene rings is 2. The van der Waals surface area contributed by atoms with Gasteiger partial charge in [0.1, 0.15) is 22.8 Å². The number of aliphatic hydroxyl groups is 3. The second-order valence-corrected chi connectivity index (χ2v) is 10.1. The number of ketones is 2. The van der Waals surface area contributed by atoms with Crippen LogP contribution in [0.15, 0.2) is 65.1 Å². The molecule has 202 valence electrons. The van der Waals surface area contributed by atoms with Crippen molar-refractivity contribution in [3.8, 4) is 5.75 Å². The Hall–Kier alpha value is -4.68. The third kappa shape index (κ3) is 3.52. The van der Waals surface area contributed by atoms with Crippen LogP contribution in [0.3, 0.4) is 0 Å². The van der Waals surface area contributed by atoms with E-state index in [1.54, 1.807) is 30.3 Å². The second kappa shape index (κ2) is 8.68. The van der Waals surface area contributed by atoms with Gasteiger partial charge < -0.3 is 42.9 Å². The van der Waals surface area contributed by atoms with Gasteiger partial charge >= 0.3 is 0 Å². The molecule has 0 spiro atoms. The molecule has 0 aliphatic heterocycles. The number of carbonyl (C=O) groups is 4. The molecule has 12 heteroatoms. The van der Waals surface area contributed by atoms with E-state index in [-0.39, 0.29) is 36.2 Å². The van der Waals surface area contributed by atoms with E-state index in [4.69, 9.17) is 17.2 Å². The van der Waals surface area contributed by atoms with Crippen LogP contribution in [0.4, 0.5) is 5.69 Å². The Morgan fingerprint density at radius 2 is 1.72 bits per heavy atom. The van der Waals surface area contributed by atoms with E-state index in [1.807, 2.05) is 0 Å². The molecule has 12 nitrogen and oxygen atoms in total. The molecule has 0 fully saturated rings. The molecule has 2 aromatic rings. The summed E-state index contributed by atoms with van der Waals surface area (Å²) in [7, 11) is 0. The number of fused-ring (bicyclic) bond motifs is 3. The number of nitrogen functional groups attached to an aromatic ring is 1. The Labute approximate surface area is 221 Å². The van der Waals surface area contributed by atoms with Crippen LogP contribution < -0.4 is 22.5 Å². The third-order valence-electron chi connectivity index (χ3n) is 8.02. The maximum atomic E-state index is 13.9. The number of primary amides is 1. The van der Waals surface area contributed by atoms with Crippen molar-refractivity contribution in [2.75, 3.05) is 12.3 Å². The van der Waals surface area contributed by atoms with E-state index in [2.05, 4.69) is 5.32 Å². The highest BCUT2D eigenvalue weighted by molar-refractivity contribution is 6.25. The molecular weight excluding hydrogens is 508 g/mol. The predicted molar refractivity (Wildman–Crippen MR) is 136 cm³/mol. The minimum atomic E-state index is -2.89. The Morgan fingerprint density at radius 3 is 2.36 bits per heavy atom. The van der Waals surface area contributed by atoms with Gasteiger partial charge in [0.05, 0.1) is 11.6 Å². The van der Waals surface area contributed by atoms with Crippen LogP contribution in [0, 0.1) is 11.3 Å². The van der Waals surface area contributed by atoms with Crippen LogP contribution in [0.5, 0.6) is 5.75 Å². The smallest absolute Gasteiger partial charge is 0.255 e. The molecule has 2 amide bonds. The van der Waals surface area contributed by atoms with E-state index < -0.39 is 74.8 Å². The van der Waals surface area contributed by atoms with Gasteiger partial charge in [-0.15, -0.1) is 0 Å². The number of nitrogens with two attached hydrogens (primary N) is 3. The van der Waals surface area contributed by atoms with Crippen molar-refractivity contribution in [3.63, 3.8) is 0 Å². The number of hydrogen-bond acceptors (Lipinski definition) is 10. The summed E-state index contributed by atoms with van der Waals surface area (Å²) in [6.45, 7) is -0.277. The standard InChI is InChI=1S/C27H26N4O8/c28-14-6-7-15(32)16-12(14)8-26(10-31-25(38)11-4-2-1-3-5-11)9-13-19(29)21(34)17(24(30)37)22(35)27(13,39)23(36)18(26)20(16)33/h1-7,13,19,32,34,36,39H,8-10,28-29H2,(H2,30,37)(H,31,38)/t13-,19-,26-,27+/m0/s1. The van der Waals surface area contributed by atoms with Gasteiger partial charge in [-0.3, -0.25) is 19.2 Å². The van der Waals surface area contributed by atoms with Gasteiger partial charge in [-0.05, 0) is 42.7 Å². The van der Waals surface area contributed by atoms with Crippen molar-refractivity contribution in [3.05, 3.63) is 81.8 Å². The van der Waals surface area contributed by atoms with Crippen molar-refractivity contribution in [2.24, 2.45) is 22.8 Å². The number of aromatic hydroxyl groups is 1. The SMILES string of the molecule is NC(=O)C1=C(O)[C@@H](N)[C@@H]2C[C@]3(CNC(=O)c4ccccc4)Cc4c(N)ccc(O)c4C(=O)C3=C(O)[C@]2(O)C1=O. The first kappa shape index (κ1) is 25.9. The first-order valence-electron chi connectivity index (χ1n) is 12.0. The summed E-state index contributed by atoms with van der Waals surface area (Å²) in [6, 6.07) is 9.24. The molecule has 0 bridgehead atoms. The monoisotopic (exact) mass is 534 g/mol. The zero-order valence-corrected chi connectivity index (χ0v) is 20.5. The van der Waals surface area contributed by atoms with Crippen LogP contribution in [0.1, 0.15) is 32.7 Å². The van der Waals surface area contributed by atoms with E-state index in [1.165, 1.54) is 12.1 Å². The van der Waals surface area contributed by atoms with E-state index in [0.29, 0.717) is 5.56 Å². The largest absolute Gasteiger partial charge is 0.510 e. The topological polar surface area (TPSA) is 239 Å². The summed E-state index contributed by atoms with van der Waals surface area (Å²) in [5.74, 6) is -8.06. The maximum absolute atomic E-state index is 13.9. The van der Waals surface area contributed by atoms with Crippen molar-refractivity contribution >= 4 is 29.1 Å². The number of hydrogen-bond donors (Lipinski definition) is 8. The van der Waals surface area contributed by atoms with Gasteiger partial charge in [0.2, 0.25) is 5.78 Å². The van der Waals surface area contributed by atoms with Gasteiger partial charge in [0.25, 0.3) is 11.8 Å². The lowest BCUT2D eigenvalue weighted by molar-refractivity contribution is -0.147. The Balaban J connectivity index is 1.72. The highest BCUT2D eigenvalue weighted by Gasteiger charge is 2.65. The quantitative estimate of drug-likeness (QED) is 0.147. The summed E-state index contributed by atoms with van der Waals surface area (Å²) >= 11 is 0. The molecule has 2 aromatic carbocycles. The van der Waals surface area contributed by atoms with Gasteiger partial charge in [0, 0.05) is 34.7 Å². The molecule has 39 heavy (non-hydrogen) atoms. The lowest BCUT2D eigenvalue weighted by atomic mass is 9.52. The molecule has 0 aromatic heterocycles. The summed E-state index contributed by atoms with van der Waals surface area (Å²) < 4.78 is 0. The molecule has 0 saturated heterocycles. The number of aliphatic hydroxyl groups excluding tert-OH is 2. The zero-order valence-electron chi connectivity index (χ0n) is 20.5. The average molecular weight is 535 g/mol. The van der Waals surface area contributed by atoms with E-state index in [9.17, 15) is 39.6 Å². The normalized spacial score (nSPS) is 27.9. The van der Waals surface area contributed by atoms with Crippen LogP contribution in [0.25, 0.3) is 0 Å². The van der Waals surface area contributed by atoms with Crippen molar-refractivity contribution in [1.82, 2.24) is 5.32 Å². The number of carbonyl (C=O) groups excluding carboxylic acids is 4. The summed E-state index contributed by atoms with van der Waals surface area (Å²) in [4.78, 5) is 52.1. The fourth-order valence-electron chi connectivity index (χ4n) is 6.08. The summed E-state index contributed by atoms with van der Waals surface area (Å²) in [6.07, 6.45) is -0.412. The number of amides is 2. The van der Waals surface area contributed by atoms with Gasteiger partial charge in [-0.25, -0.2) is 0 Å². The minimum Gasteiger partial charge on any atom is -0.510 e. The summed E-state index contributed by atoms with van der Waals surface area (Å²) in [5.41, 5.74) is 12.3. The molecule has 3 aliphatic rings. The predicted octanol–water partition coefficient (Wildman–Crippen LogP) is -0.0999. The highest BCUT2D eigenvalue weighted by atomic mass is 16.3. The van der Waals surface area contributed by atoms with Crippen LogP contribution in [0.2, 0.25) is 0 Å². The molecule has 11 N–H and O–H groups in total. The molecule has 3 aliphatic carbocycles. The number of nitrogens with one attached hydrogen (secondary N) is 1. The van der Waals surface area contributed by atoms with E-state index in [0.717, 1.165) is 0 Å². The maximum Gasteiger partial charge on any atom is 0.255 e. The molecule has 0 unspecified atom stereocenters. The molecule has 0 radical (unpaired) electrons. The molecular formula is C27H26N4O8. The van der Waals surface area contributed by atoms with Crippen molar-refractivity contribution in [2.45, 2.75) is 24.5 Å². The van der Waals surface area contributed by atoms with Crippen molar-refractivity contribution in [1.29, 1.82) is 0 Å². The minimum absolute atomic E-state index is 0.108. The van der Waals surface area contributed by atoms with Crippen LogP contribution in [-0.4, -0.2) is 62.0 Å². The average Bonchev–Trinajstić information content (AvgIpc) is 2.90.